The largest absolute Gasteiger partial charge is 0.465 e. The summed E-state index contributed by atoms with van der Waals surface area (Å²) in [5.41, 5.74) is 0.683. The molecule has 0 aromatic carbocycles. The van der Waals surface area contributed by atoms with Crippen LogP contribution in [-0.4, -0.2) is 28.9 Å². The maximum absolute atomic E-state index is 12.8. The Kier molecular flexibility index (Phi) is 4.99. The van der Waals surface area contributed by atoms with Crippen molar-refractivity contribution >= 4 is 5.78 Å². The van der Waals surface area contributed by atoms with E-state index in [0.29, 0.717) is 11.3 Å². The van der Waals surface area contributed by atoms with Crippen LogP contribution >= 0.6 is 0 Å². The predicted molar refractivity (Wildman–Crippen MR) is 89.6 cm³/mol. The first-order chi connectivity index (χ1) is 10.5. The van der Waals surface area contributed by atoms with Crippen molar-refractivity contribution in [3.05, 3.63) is 11.3 Å². The van der Waals surface area contributed by atoms with Crippen molar-refractivity contribution in [3.8, 4) is 0 Å². The average Bonchev–Trinajstić information content (AvgIpc) is 2.48. The third-order valence-electron chi connectivity index (χ3n) is 5.71. The number of carbonyl (C=O) groups is 1. The Morgan fingerprint density at radius 3 is 2.17 bits per heavy atom. The molecule has 0 unspecified atom stereocenters. The molecular weight excluding hydrogens is 292 g/mol. The molecule has 23 heavy (non-hydrogen) atoms. The second-order valence-corrected chi connectivity index (χ2v) is 8.02. The number of allylic oxidation sites excluding steroid dienone is 2. The van der Waals surface area contributed by atoms with Crippen LogP contribution in [0.25, 0.3) is 0 Å². The molecule has 1 N–H and O–H groups in total. The van der Waals surface area contributed by atoms with Gasteiger partial charge in [0.25, 0.3) is 0 Å². The first-order valence-electron chi connectivity index (χ1n) is 8.84. The minimum Gasteiger partial charge on any atom is -0.465 e. The van der Waals surface area contributed by atoms with Crippen molar-refractivity contribution in [3.63, 3.8) is 0 Å². The van der Waals surface area contributed by atoms with Crippen molar-refractivity contribution in [2.24, 2.45) is 29.6 Å². The lowest BCUT2D eigenvalue weighted by Crippen LogP contribution is -2.64. The fourth-order valence-electron chi connectivity index (χ4n) is 4.19. The molecule has 2 aliphatic rings. The molecule has 6 atom stereocenters. The molecule has 1 spiro atoms. The topological polar surface area (TPSA) is 55.8 Å². The molecule has 0 aliphatic carbocycles. The molecule has 0 saturated carbocycles. The zero-order valence-corrected chi connectivity index (χ0v) is 15.7. The summed E-state index contributed by atoms with van der Waals surface area (Å²) in [6.07, 6.45) is -0.693. The van der Waals surface area contributed by atoms with E-state index in [4.69, 9.17) is 9.47 Å². The third kappa shape index (κ3) is 2.74. The van der Waals surface area contributed by atoms with Gasteiger partial charge in [-0.25, -0.2) is 0 Å². The molecule has 0 radical (unpaired) electrons. The quantitative estimate of drug-likeness (QED) is 0.844. The van der Waals surface area contributed by atoms with Gasteiger partial charge in [0.2, 0.25) is 5.79 Å². The standard InChI is InChI=1S/C19H32O4/c1-9(2)17-11(5)15(20)13(7)19(22-17)14(8)16(21)12(6)18(23-19)10(3)4/h9-11,13-15,17,20H,1-8H3/t11-,13-,14-,15-,17-,19+/m1/s1. The molecule has 4 heteroatoms. The second kappa shape index (κ2) is 6.21. The van der Waals surface area contributed by atoms with Gasteiger partial charge >= 0.3 is 0 Å². The summed E-state index contributed by atoms with van der Waals surface area (Å²) in [7, 11) is 0. The highest BCUT2D eigenvalue weighted by Crippen LogP contribution is 2.49. The molecular formula is C19H32O4. The van der Waals surface area contributed by atoms with Crippen LogP contribution in [0.2, 0.25) is 0 Å². The van der Waals surface area contributed by atoms with Crippen LogP contribution in [0.15, 0.2) is 11.3 Å². The first kappa shape index (κ1) is 18.5. The van der Waals surface area contributed by atoms with Gasteiger partial charge in [0.15, 0.2) is 5.78 Å². The van der Waals surface area contributed by atoms with Crippen LogP contribution < -0.4 is 0 Å². The molecule has 0 amide bonds. The molecule has 2 rings (SSSR count). The predicted octanol–water partition coefficient (Wildman–Crippen LogP) is 3.54. The number of Topliss-reactive ketones (excluding diaryl/α,β-unsaturated/α-hetero) is 1. The first-order valence-corrected chi connectivity index (χ1v) is 8.84. The van der Waals surface area contributed by atoms with Gasteiger partial charge in [0.05, 0.1) is 18.1 Å². The fourth-order valence-corrected chi connectivity index (χ4v) is 4.19. The lowest BCUT2D eigenvalue weighted by molar-refractivity contribution is -0.348. The number of carbonyl (C=O) groups excluding carboxylic acids is 1. The third-order valence-corrected chi connectivity index (χ3v) is 5.71. The molecule has 2 aliphatic heterocycles. The van der Waals surface area contributed by atoms with E-state index in [2.05, 4.69) is 13.8 Å². The molecule has 0 bridgehead atoms. The molecule has 1 saturated heterocycles. The summed E-state index contributed by atoms with van der Waals surface area (Å²) in [6.45, 7) is 15.8. The van der Waals surface area contributed by atoms with Crippen LogP contribution in [0.1, 0.15) is 55.4 Å². The number of rotatable bonds is 2. The summed E-state index contributed by atoms with van der Waals surface area (Å²) in [4.78, 5) is 12.8. The summed E-state index contributed by atoms with van der Waals surface area (Å²) < 4.78 is 12.8. The number of hydrogen-bond acceptors (Lipinski definition) is 4. The molecule has 132 valence electrons. The summed E-state index contributed by atoms with van der Waals surface area (Å²) in [5, 5.41) is 10.8. The average molecular weight is 324 g/mol. The van der Waals surface area contributed by atoms with E-state index in [1.165, 1.54) is 0 Å². The fraction of sp³-hybridized carbons (Fsp3) is 0.842. The zero-order valence-electron chi connectivity index (χ0n) is 15.7. The van der Waals surface area contributed by atoms with E-state index >= 15 is 0 Å². The van der Waals surface area contributed by atoms with E-state index < -0.39 is 17.8 Å². The Hall–Kier alpha value is -0.870. The molecule has 4 nitrogen and oxygen atoms in total. The Morgan fingerprint density at radius 2 is 1.70 bits per heavy atom. The van der Waals surface area contributed by atoms with Gasteiger partial charge in [0, 0.05) is 23.3 Å². The Bertz CT molecular complexity index is 507. The minimum absolute atomic E-state index is 0.0102. The SMILES string of the molecule is CC1=C(C(C)C)O[C@]2(O[C@H](C(C)C)[C@H](C)[C@@H](O)[C@H]2C)[C@H](C)C1=O. The van der Waals surface area contributed by atoms with Gasteiger partial charge < -0.3 is 14.6 Å². The van der Waals surface area contributed by atoms with Crippen molar-refractivity contribution in [2.75, 3.05) is 0 Å². The van der Waals surface area contributed by atoms with Crippen molar-refractivity contribution < 1.29 is 19.4 Å². The minimum atomic E-state index is -1.07. The van der Waals surface area contributed by atoms with Crippen LogP contribution in [0.3, 0.4) is 0 Å². The number of ketones is 1. The van der Waals surface area contributed by atoms with E-state index in [1.807, 2.05) is 41.5 Å². The lowest BCUT2D eigenvalue weighted by Gasteiger charge is -2.55. The van der Waals surface area contributed by atoms with Crippen molar-refractivity contribution in [2.45, 2.75) is 73.4 Å². The van der Waals surface area contributed by atoms with Gasteiger partial charge in [-0.3, -0.25) is 4.79 Å². The number of aliphatic hydroxyl groups is 1. The number of hydrogen-bond donors (Lipinski definition) is 1. The number of ether oxygens (including phenoxy) is 2. The van der Waals surface area contributed by atoms with Crippen LogP contribution in [-0.2, 0) is 14.3 Å². The monoisotopic (exact) mass is 324 g/mol. The summed E-state index contributed by atoms with van der Waals surface area (Å²) in [5.74, 6) is -0.651. The van der Waals surface area contributed by atoms with Crippen LogP contribution in [0, 0.1) is 29.6 Å². The van der Waals surface area contributed by atoms with E-state index in [1.54, 1.807) is 0 Å². The molecule has 0 aromatic heterocycles. The van der Waals surface area contributed by atoms with E-state index in [0.717, 1.165) is 0 Å². The molecule has 1 fully saturated rings. The second-order valence-electron chi connectivity index (χ2n) is 8.02. The van der Waals surface area contributed by atoms with Gasteiger partial charge in [-0.2, -0.15) is 0 Å². The highest BCUT2D eigenvalue weighted by molar-refractivity contribution is 5.98. The van der Waals surface area contributed by atoms with Crippen LogP contribution in [0.5, 0.6) is 0 Å². The van der Waals surface area contributed by atoms with Gasteiger partial charge in [-0.1, -0.05) is 41.5 Å². The maximum Gasteiger partial charge on any atom is 0.225 e. The zero-order chi connectivity index (χ0) is 17.7. The summed E-state index contributed by atoms with van der Waals surface area (Å²) >= 11 is 0. The number of aliphatic hydroxyl groups excluding tert-OH is 1. The molecule has 2 heterocycles. The van der Waals surface area contributed by atoms with Gasteiger partial charge in [-0.15, -0.1) is 0 Å². The Morgan fingerprint density at radius 1 is 1.13 bits per heavy atom. The highest BCUT2D eigenvalue weighted by atomic mass is 16.7. The summed E-state index contributed by atoms with van der Waals surface area (Å²) in [6, 6.07) is 0. The van der Waals surface area contributed by atoms with Crippen molar-refractivity contribution in [1.29, 1.82) is 0 Å². The highest BCUT2D eigenvalue weighted by Gasteiger charge is 2.60. The van der Waals surface area contributed by atoms with E-state index in [-0.39, 0.29) is 35.6 Å². The molecule has 0 aromatic rings. The lowest BCUT2D eigenvalue weighted by atomic mass is 9.71. The normalized spacial score (nSPS) is 41.9. The maximum atomic E-state index is 12.8. The Balaban J connectivity index is 2.52. The van der Waals surface area contributed by atoms with E-state index in [9.17, 15) is 9.90 Å². The smallest absolute Gasteiger partial charge is 0.225 e. The Labute approximate surface area is 140 Å². The van der Waals surface area contributed by atoms with Gasteiger partial charge in [-0.05, 0) is 19.8 Å². The van der Waals surface area contributed by atoms with Crippen LogP contribution in [0.4, 0.5) is 0 Å². The van der Waals surface area contributed by atoms with Crippen molar-refractivity contribution in [1.82, 2.24) is 0 Å². The van der Waals surface area contributed by atoms with Gasteiger partial charge in [0.1, 0.15) is 5.76 Å².